The number of nitrogens with one attached hydrogen (secondary N) is 1. The molecule has 3 aliphatic rings. The smallest absolute Gasteiger partial charge is 0.317 e. The van der Waals surface area contributed by atoms with Crippen LogP contribution in [0.1, 0.15) is 49.1 Å². The van der Waals surface area contributed by atoms with Gasteiger partial charge in [-0.1, -0.05) is 30.7 Å². The van der Waals surface area contributed by atoms with Crippen LogP contribution in [0.5, 0.6) is 0 Å². The Kier molecular flexibility index (Phi) is 4.48. The third-order valence-corrected chi connectivity index (χ3v) is 6.80. The molecule has 0 aromatic heterocycles. The fourth-order valence-electron chi connectivity index (χ4n) is 4.93. The average Bonchev–Trinajstić information content (AvgIpc) is 2.46. The summed E-state index contributed by atoms with van der Waals surface area (Å²) in [6.07, 6.45) is 6.08. The highest BCUT2D eigenvalue weighted by atomic mass is 16.5. The molecule has 3 fully saturated rings. The zero-order chi connectivity index (χ0) is 17.4. The molecule has 1 aliphatic heterocycles. The van der Waals surface area contributed by atoms with Gasteiger partial charge < -0.3 is 15.0 Å². The third kappa shape index (κ3) is 3.05. The molecule has 1 heterocycles. The zero-order valence-electron chi connectivity index (χ0n) is 15.5. The maximum absolute atomic E-state index is 12.5. The van der Waals surface area contributed by atoms with Crippen LogP contribution >= 0.6 is 0 Å². The van der Waals surface area contributed by atoms with E-state index >= 15 is 0 Å². The van der Waals surface area contributed by atoms with Crippen LogP contribution < -0.4 is 5.32 Å². The molecule has 0 atom stereocenters. The highest BCUT2D eigenvalue weighted by molar-refractivity contribution is 5.76. The van der Waals surface area contributed by atoms with E-state index in [2.05, 4.69) is 36.5 Å². The Labute approximate surface area is 150 Å². The normalized spacial score (nSPS) is 27.8. The van der Waals surface area contributed by atoms with Gasteiger partial charge in [0.05, 0.1) is 6.61 Å². The first-order valence-electron chi connectivity index (χ1n) is 9.71. The summed E-state index contributed by atoms with van der Waals surface area (Å²) in [7, 11) is 1.78. The monoisotopic (exact) mass is 342 g/mol. The number of nitrogens with zero attached hydrogens (tertiary/aromatic N) is 1. The average molecular weight is 342 g/mol. The quantitative estimate of drug-likeness (QED) is 0.886. The van der Waals surface area contributed by atoms with Gasteiger partial charge in [-0.25, -0.2) is 4.79 Å². The van der Waals surface area contributed by atoms with Crippen LogP contribution in [0.3, 0.4) is 0 Å². The molecule has 0 radical (unpaired) electrons. The molecule has 1 aromatic rings. The number of benzene rings is 1. The van der Waals surface area contributed by atoms with E-state index < -0.39 is 0 Å². The fourth-order valence-corrected chi connectivity index (χ4v) is 4.93. The summed E-state index contributed by atoms with van der Waals surface area (Å²) in [5.74, 6) is 1.36. The van der Waals surface area contributed by atoms with Crippen molar-refractivity contribution in [3.8, 4) is 0 Å². The zero-order valence-corrected chi connectivity index (χ0v) is 15.5. The third-order valence-electron chi connectivity index (χ3n) is 6.80. The van der Waals surface area contributed by atoms with E-state index in [-0.39, 0.29) is 11.4 Å². The molecule has 1 aromatic carbocycles. The number of rotatable bonds is 5. The van der Waals surface area contributed by atoms with E-state index in [1.807, 2.05) is 4.90 Å². The van der Waals surface area contributed by atoms with Gasteiger partial charge in [0, 0.05) is 31.7 Å². The second kappa shape index (κ2) is 6.64. The van der Waals surface area contributed by atoms with E-state index in [1.54, 1.807) is 7.11 Å². The Hall–Kier alpha value is -1.55. The first-order valence-corrected chi connectivity index (χ1v) is 9.71. The number of ether oxygens (including phenoxy) is 1. The second-order valence-corrected chi connectivity index (χ2v) is 8.45. The first kappa shape index (κ1) is 16.9. The van der Waals surface area contributed by atoms with Crippen LogP contribution in [0.2, 0.25) is 0 Å². The molecule has 1 saturated heterocycles. The van der Waals surface area contributed by atoms with Gasteiger partial charge in [0.1, 0.15) is 0 Å². The van der Waals surface area contributed by atoms with Crippen molar-refractivity contribution < 1.29 is 9.53 Å². The van der Waals surface area contributed by atoms with E-state index in [1.165, 1.54) is 30.4 Å². The summed E-state index contributed by atoms with van der Waals surface area (Å²) >= 11 is 0. The lowest BCUT2D eigenvalue weighted by atomic mass is 9.61. The first-order chi connectivity index (χ1) is 12.1. The molecule has 4 heteroatoms. The number of likely N-dealkylation sites (tertiary alicyclic amines) is 1. The van der Waals surface area contributed by atoms with Crippen LogP contribution in [0, 0.1) is 18.3 Å². The lowest BCUT2D eigenvalue weighted by Gasteiger charge is -2.56. The van der Waals surface area contributed by atoms with Gasteiger partial charge >= 0.3 is 6.03 Å². The molecule has 4 nitrogen and oxygen atoms in total. The number of urea groups is 1. The molecule has 0 bridgehead atoms. The fraction of sp³-hybridized carbons (Fsp3) is 0.667. The van der Waals surface area contributed by atoms with Crippen molar-refractivity contribution in [2.24, 2.45) is 11.3 Å². The highest BCUT2D eigenvalue weighted by Gasteiger charge is 2.52. The highest BCUT2D eigenvalue weighted by Crippen LogP contribution is 2.48. The number of carbonyl (C=O) groups is 1. The van der Waals surface area contributed by atoms with Gasteiger partial charge in [-0.3, -0.25) is 0 Å². The molecular formula is C21H30N2O2. The summed E-state index contributed by atoms with van der Waals surface area (Å²) in [5.41, 5.74) is 3.04. The molecule has 0 spiro atoms. The topological polar surface area (TPSA) is 41.6 Å². The molecule has 25 heavy (non-hydrogen) atoms. The van der Waals surface area contributed by atoms with Gasteiger partial charge in [0.25, 0.3) is 0 Å². The lowest BCUT2D eigenvalue weighted by Crippen LogP contribution is -2.67. The minimum Gasteiger partial charge on any atom is -0.384 e. The molecule has 0 unspecified atom stereocenters. The van der Waals surface area contributed by atoms with Gasteiger partial charge in [-0.2, -0.15) is 0 Å². The Balaban J connectivity index is 1.25. The van der Waals surface area contributed by atoms with E-state index in [0.29, 0.717) is 12.0 Å². The van der Waals surface area contributed by atoms with Gasteiger partial charge in [-0.05, 0) is 55.6 Å². The predicted molar refractivity (Wildman–Crippen MR) is 98.7 cm³/mol. The van der Waals surface area contributed by atoms with Crippen molar-refractivity contribution in [3.05, 3.63) is 35.4 Å². The molecule has 2 aliphatic carbocycles. The van der Waals surface area contributed by atoms with Crippen LogP contribution in [0.4, 0.5) is 4.79 Å². The SMILES string of the molecule is COCC1(C2CCC2)CN(C(=O)NC2CC(c3ccccc3C)C2)C1. The van der Waals surface area contributed by atoms with Crippen LogP contribution in [0.15, 0.2) is 24.3 Å². The van der Waals surface area contributed by atoms with Crippen molar-refractivity contribution in [1.29, 1.82) is 0 Å². The van der Waals surface area contributed by atoms with Gasteiger partial charge in [0.15, 0.2) is 0 Å². The maximum Gasteiger partial charge on any atom is 0.317 e. The minimum absolute atomic E-state index is 0.124. The Morgan fingerprint density at radius 1 is 1.28 bits per heavy atom. The number of carbonyl (C=O) groups excluding carboxylic acids is 1. The largest absolute Gasteiger partial charge is 0.384 e. The van der Waals surface area contributed by atoms with E-state index in [4.69, 9.17) is 4.74 Å². The van der Waals surface area contributed by atoms with Crippen molar-refractivity contribution >= 4 is 6.03 Å². The Morgan fingerprint density at radius 3 is 2.60 bits per heavy atom. The number of hydrogen-bond donors (Lipinski definition) is 1. The summed E-state index contributed by atoms with van der Waals surface area (Å²) in [5, 5.41) is 3.24. The number of amides is 2. The summed E-state index contributed by atoms with van der Waals surface area (Å²) in [4.78, 5) is 14.5. The van der Waals surface area contributed by atoms with Gasteiger partial charge in [0.2, 0.25) is 0 Å². The molecule has 1 N–H and O–H groups in total. The van der Waals surface area contributed by atoms with E-state index in [0.717, 1.165) is 38.5 Å². The predicted octanol–water partition coefficient (Wildman–Crippen LogP) is 3.70. The minimum atomic E-state index is 0.124. The molecule has 136 valence electrons. The second-order valence-electron chi connectivity index (χ2n) is 8.45. The number of aryl methyl sites for hydroxylation is 1. The van der Waals surface area contributed by atoms with Crippen LogP contribution in [-0.4, -0.2) is 43.8 Å². The summed E-state index contributed by atoms with van der Waals surface area (Å²) in [6.45, 7) is 4.70. The number of methoxy groups -OCH3 is 1. The Bertz CT molecular complexity index is 629. The molecular weight excluding hydrogens is 312 g/mol. The van der Waals surface area contributed by atoms with Crippen molar-refractivity contribution in [3.63, 3.8) is 0 Å². The Morgan fingerprint density at radius 2 is 2.00 bits per heavy atom. The van der Waals surface area contributed by atoms with Crippen LogP contribution in [-0.2, 0) is 4.74 Å². The van der Waals surface area contributed by atoms with Crippen molar-refractivity contribution in [2.75, 3.05) is 26.8 Å². The molecule has 4 rings (SSSR count). The summed E-state index contributed by atoms with van der Waals surface area (Å²) < 4.78 is 5.46. The molecule has 2 amide bonds. The standard InChI is InChI=1S/C21H30N2O2/c1-15-6-3-4-9-19(15)16-10-18(11-16)22-20(24)23-12-21(13-23,14-25-2)17-7-5-8-17/h3-4,6,9,16-18H,5,7-8,10-14H2,1-2H3,(H,22,24). The van der Waals surface area contributed by atoms with Gasteiger partial charge in [-0.15, -0.1) is 0 Å². The van der Waals surface area contributed by atoms with Crippen molar-refractivity contribution in [2.45, 2.75) is 51.0 Å². The van der Waals surface area contributed by atoms with E-state index in [9.17, 15) is 4.79 Å². The number of hydrogen-bond acceptors (Lipinski definition) is 2. The lowest BCUT2D eigenvalue weighted by molar-refractivity contribution is -0.0944. The van der Waals surface area contributed by atoms with Crippen LogP contribution in [0.25, 0.3) is 0 Å². The summed E-state index contributed by atoms with van der Waals surface area (Å²) in [6, 6.07) is 9.07. The van der Waals surface area contributed by atoms with Crippen molar-refractivity contribution in [1.82, 2.24) is 10.2 Å². The molecule has 2 saturated carbocycles. The maximum atomic E-state index is 12.5.